The number of methoxy groups -OCH3 is 1. The Kier molecular flexibility index (Phi) is 3.94. The minimum atomic E-state index is -0.559. The van der Waals surface area contributed by atoms with Crippen molar-refractivity contribution in [2.45, 2.75) is 6.61 Å². The lowest BCUT2D eigenvalue weighted by molar-refractivity contribution is -0.386. The van der Waals surface area contributed by atoms with Gasteiger partial charge in [-0.25, -0.2) is 4.98 Å². The second-order valence-electron chi connectivity index (χ2n) is 4.53. The summed E-state index contributed by atoms with van der Waals surface area (Å²) in [5.74, 6) is 0.727. The summed E-state index contributed by atoms with van der Waals surface area (Å²) in [6.07, 6.45) is 0. The first-order valence-electron chi connectivity index (χ1n) is 6.50. The Morgan fingerprint density at radius 3 is 2.96 bits per heavy atom. The molecule has 0 fully saturated rings. The number of thiophene rings is 1. The summed E-state index contributed by atoms with van der Waals surface area (Å²) in [5, 5.41) is 12.9. The van der Waals surface area contributed by atoms with Crippen LogP contribution in [0.25, 0.3) is 10.2 Å². The Bertz CT molecular complexity index is 934. The Morgan fingerprint density at radius 2 is 2.22 bits per heavy atom. The van der Waals surface area contributed by atoms with Gasteiger partial charge in [0.05, 0.1) is 23.6 Å². The molecule has 0 aliphatic heterocycles. The molecule has 118 valence electrons. The van der Waals surface area contributed by atoms with Gasteiger partial charge in [0.25, 0.3) is 5.56 Å². The van der Waals surface area contributed by atoms with Crippen LogP contribution in [0.5, 0.6) is 11.5 Å². The minimum Gasteiger partial charge on any atom is -0.496 e. The molecule has 0 unspecified atom stereocenters. The number of hydrogen-bond donors (Lipinski definition) is 1. The van der Waals surface area contributed by atoms with Gasteiger partial charge in [-0.1, -0.05) is 0 Å². The van der Waals surface area contributed by atoms with Gasteiger partial charge >= 0.3 is 5.69 Å². The molecule has 0 aliphatic carbocycles. The number of aromatic nitrogens is 2. The summed E-state index contributed by atoms with van der Waals surface area (Å²) >= 11 is 1.30. The van der Waals surface area contributed by atoms with Gasteiger partial charge in [0.15, 0.2) is 5.75 Å². The maximum atomic E-state index is 11.9. The molecule has 23 heavy (non-hydrogen) atoms. The van der Waals surface area contributed by atoms with E-state index >= 15 is 0 Å². The predicted octanol–water partition coefficient (Wildman–Crippen LogP) is 2.48. The molecule has 2 heterocycles. The highest BCUT2D eigenvalue weighted by molar-refractivity contribution is 7.17. The van der Waals surface area contributed by atoms with E-state index in [-0.39, 0.29) is 23.6 Å². The predicted molar refractivity (Wildman–Crippen MR) is 84.2 cm³/mol. The first-order chi connectivity index (χ1) is 11.1. The number of hydrogen-bond acceptors (Lipinski definition) is 7. The van der Waals surface area contributed by atoms with E-state index in [1.165, 1.54) is 30.6 Å². The van der Waals surface area contributed by atoms with Crippen LogP contribution in [-0.2, 0) is 6.61 Å². The lowest BCUT2D eigenvalue weighted by Gasteiger charge is -2.07. The highest BCUT2D eigenvalue weighted by atomic mass is 32.1. The van der Waals surface area contributed by atoms with Gasteiger partial charge < -0.3 is 14.5 Å². The minimum absolute atomic E-state index is 0.0730. The van der Waals surface area contributed by atoms with Crippen molar-refractivity contribution in [3.8, 4) is 11.5 Å². The molecule has 9 heteroatoms. The number of aromatic amines is 1. The second kappa shape index (κ2) is 6.05. The maximum Gasteiger partial charge on any atom is 0.314 e. The summed E-state index contributed by atoms with van der Waals surface area (Å²) in [6, 6.07) is 6.00. The Morgan fingerprint density at radius 1 is 1.39 bits per heavy atom. The molecule has 0 bridgehead atoms. The van der Waals surface area contributed by atoms with Crippen LogP contribution in [0.15, 0.2) is 34.4 Å². The molecule has 0 amide bonds. The van der Waals surface area contributed by atoms with Crippen LogP contribution in [0, 0.1) is 10.1 Å². The molecule has 0 atom stereocenters. The van der Waals surface area contributed by atoms with Crippen LogP contribution in [0.1, 0.15) is 5.82 Å². The fourth-order valence-corrected chi connectivity index (χ4v) is 2.75. The first kappa shape index (κ1) is 15.0. The van der Waals surface area contributed by atoms with Crippen molar-refractivity contribution in [3.05, 3.63) is 55.9 Å². The third-order valence-electron chi connectivity index (χ3n) is 3.09. The quantitative estimate of drug-likeness (QED) is 0.568. The zero-order chi connectivity index (χ0) is 16.4. The summed E-state index contributed by atoms with van der Waals surface area (Å²) in [7, 11) is 1.42. The van der Waals surface area contributed by atoms with Crippen LogP contribution < -0.4 is 15.0 Å². The molecular formula is C14H11N3O5S. The van der Waals surface area contributed by atoms with Crippen molar-refractivity contribution in [2.24, 2.45) is 0 Å². The summed E-state index contributed by atoms with van der Waals surface area (Å²) in [6.45, 7) is -0.0891. The van der Waals surface area contributed by atoms with Crippen LogP contribution in [-0.4, -0.2) is 22.0 Å². The largest absolute Gasteiger partial charge is 0.496 e. The van der Waals surface area contributed by atoms with Crippen LogP contribution in [0.4, 0.5) is 5.69 Å². The van der Waals surface area contributed by atoms with Gasteiger partial charge in [0, 0.05) is 0 Å². The number of nitrogens with zero attached hydrogens (tertiary/aromatic N) is 2. The second-order valence-corrected chi connectivity index (χ2v) is 5.44. The van der Waals surface area contributed by atoms with Crippen molar-refractivity contribution in [1.82, 2.24) is 9.97 Å². The average molecular weight is 333 g/mol. The highest BCUT2D eigenvalue weighted by Crippen LogP contribution is 2.31. The van der Waals surface area contributed by atoms with Crippen molar-refractivity contribution in [2.75, 3.05) is 7.11 Å². The number of rotatable bonds is 5. The number of ether oxygens (including phenoxy) is 2. The third kappa shape index (κ3) is 2.99. The fraction of sp³-hybridized carbons (Fsp3) is 0.143. The van der Waals surface area contributed by atoms with Crippen molar-refractivity contribution < 1.29 is 14.4 Å². The number of H-pyrrole nitrogens is 1. The number of nitro benzene ring substituents is 1. The molecule has 0 aliphatic rings. The normalized spacial score (nSPS) is 10.7. The van der Waals surface area contributed by atoms with Gasteiger partial charge in [-0.05, 0) is 23.6 Å². The molecule has 1 aromatic carbocycles. The lowest BCUT2D eigenvalue weighted by atomic mass is 10.3. The smallest absolute Gasteiger partial charge is 0.314 e. The summed E-state index contributed by atoms with van der Waals surface area (Å²) in [5.41, 5.74) is 0.0951. The number of nitro groups is 1. The van der Waals surface area contributed by atoms with Crippen LogP contribution in [0.2, 0.25) is 0 Å². The highest BCUT2D eigenvalue weighted by Gasteiger charge is 2.17. The monoisotopic (exact) mass is 333 g/mol. The summed E-state index contributed by atoms with van der Waals surface area (Å²) in [4.78, 5) is 29.3. The van der Waals surface area contributed by atoms with Crippen LogP contribution >= 0.6 is 11.3 Å². The zero-order valence-electron chi connectivity index (χ0n) is 11.9. The zero-order valence-corrected chi connectivity index (χ0v) is 12.8. The van der Waals surface area contributed by atoms with Gasteiger partial charge in [0.1, 0.15) is 22.9 Å². The Hall–Kier alpha value is -2.94. The van der Waals surface area contributed by atoms with Gasteiger partial charge in [-0.2, -0.15) is 0 Å². The standard InChI is InChI=1S/C14H11N3O5S/c1-21-8-2-3-11(10(6-8)17(19)20)22-7-12-15-9-4-5-23-13(9)14(18)16-12/h2-6H,7H2,1H3,(H,15,16,18). The van der Waals surface area contributed by atoms with Crippen LogP contribution in [0.3, 0.4) is 0 Å². The maximum absolute atomic E-state index is 11.9. The van der Waals surface area contributed by atoms with Crippen molar-refractivity contribution in [3.63, 3.8) is 0 Å². The Balaban J connectivity index is 1.87. The van der Waals surface area contributed by atoms with Crippen molar-refractivity contribution >= 4 is 27.2 Å². The van der Waals surface area contributed by atoms with E-state index in [9.17, 15) is 14.9 Å². The third-order valence-corrected chi connectivity index (χ3v) is 3.99. The molecule has 0 radical (unpaired) electrons. The average Bonchev–Trinajstić information content (AvgIpc) is 3.01. The van der Waals surface area contributed by atoms with Crippen molar-refractivity contribution in [1.29, 1.82) is 0 Å². The molecule has 8 nitrogen and oxygen atoms in total. The fourth-order valence-electron chi connectivity index (χ4n) is 2.02. The summed E-state index contributed by atoms with van der Waals surface area (Å²) < 4.78 is 10.9. The molecule has 2 aromatic heterocycles. The van der Waals surface area contributed by atoms with Gasteiger partial charge in [0.2, 0.25) is 0 Å². The van der Waals surface area contributed by atoms with E-state index in [0.717, 1.165) is 0 Å². The molecule has 1 N–H and O–H groups in total. The molecular weight excluding hydrogens is 322 g/mol. The molecule has 0 saturated carbocycles. The number of benzene rings is 1. The number of fused-ring (bicyclic) bond motifs is 1. The number of nitrogens with one attached hydrogen (secondary N) is 1. The van der Waals surface area contributed by atoms with E-state index in [4.69, 9.17) is 9.47 Å². The Labute approximate surface area is 133 Å². The molecule has 3 rings (SSSR count). The molecule has 0 saturated heterocycles. The lowest BCUT2D eigenvalue weighted by Crippen LogP contribution is -2.12. The molecule has 3 aromatic rings. The first-order valence-corrected chi connectivity index (χ1v) is 7.38. The van der Waals surface area contributed by atoms with Gasteiger partial charge in [-0.15, -0.1) is 11.3 Å². The van der Waals surface area contributed by atoms with E-state index in [0.29, 0.717) is 21.8 Å². The van der Waals surface area contributed by atoms with E-state index in [1.807, 2.05) is 0 Å². The molecule has 0 spiro atoms. The topological polar surface area (TPSA) is 107 Å². The van der Waals surface area contributed by atoms with E-state index in [1.54, 1.807) is 17.5 Å². The van der Waals surface area contributed by atoms with E-state index < -0.39 is 4.92 Å². The van der Waals surface area contributed by atoms with E-state index in [2.05, 4.69) is 9.97 Å². The SMILES string of the molecule is COc1ccc(OCc2nc3ccsc3c(=O)[nH]2)c([N+](=O)[O-])c1. The van der Waals surface area contributed by atoms with Gasteiger partial charge in [-0.3, -0.25) is 14.9 Å².